The van der Waals surface area contributed by atoms with E-state index in [2.05, 4.69) is 30.4 Å². The van der Waals surface area contributed by atoms with Crippen molar-refractivity contribution in [2.75, 3.05) is 13.2 Å². The van der Waals surface area contributed by atoms with Crippen LogP contribution in [-0.2, 0) is 26.7 Å². The van der Waals surface area contributed by atoms with Crippen LogP contribution in [0.4, 0.5) is 0 Å². The number of hydrogen-bond acceptors (Lipinski definition) is 6. The summed E-state index contributed by atoms with van der Waals surface area (Å²) in [5.41, 5.74) is 1.63. The van der Waals surface area contributed by atoms with Gasteiger partial charge in [-0.2, -0.15) is 17.6 Å². The number of aromatic nitrogens is 4. The normalized spacial score (nSPS) is 16.1. The molecule has 2 aromatic heterocycles. The van der Waals surface area contributed by atoms with Crippen molar-refractivity contribution in [3.63, 3.8) is 0 Å². The number of fused-ring (bicyclic) bond motifs is 1. The summed E-state index contributed by atoms with van der Waals surface area (Å²) in [6, 6.07) is 5.02. The molecule has 1 aromatic carbocycles. The van der Waals surface area contributed by atoms with Crippen LogP contribution in [0, 0.1) is 5.92 Å². The van der Waals surface area contributed by atoms with E-state index < -0.39 is 10.0 Å². The molecule has 4 rings (SSSR count). The lowest BCUT2D eigenvalue weighted by atomic mass is 9.89. The summed E-state index contributed by atoms with van der Waals surface area (Å²) < 4.78 is 34.6. The molecule has 166 valence electrons. The fourth-order valence-electron chi connectivity index (χ4n) is 3.93. The molecule has 1 aliphatic heterocycles. The van der Waals surface area contributed by atoms with Crippen LogP contribution in [0.3, 0.4) is 0 Å². The third-order valence-corrected chi connectivity index (χ3v) is 7.79. The number of carbonyl (C=O) groups is 1. The SMILES string of the molecule is CCC(C)(C)c1nc2cc(S(=O)(=O)n3cc(C=O)cn3)ccc2n1CC1CCOCC1. The van der Waals surface area contributed by atoms with Crippen molar-refractivity contribution < 1.29 is 17.9 Å². The molecule has 0 bridgehead atoms. The van der Waals surface area contributed by atoms with E-state index in [1.807, 2.05) is 6.07 Å². The maximum atomic E-state index is 13.0. The minimum atomic E-state index is -3.91. The van der Waals surface area contributed by atoms with E-state index in [1.165, 1.54) is 12.4 Å². The topological polar surface area (TPSA) is 96.1 Å². The van der Waals surface area contributed by atoms with Crippen LogP contribution in [0.25, 0.3) is 11.0 Å². The molecular formula is C22H28N4O4S. The molecule has 0 aliphatic carbocycles. The minimum Gasteiger partial charge on any atom is -0.381 e. The van der Waals surface area contributed by atoms with Crippen LogP contribution in [0.5, 0.6) is 0 Å². The highest BCUT2D eigenvalue weighted by atomic mass is 32.2. The maximum Gasteiger partial charge on any atom is 0.283 e. The number of ether oxygens (including phenoxy) is 1. The van der Waals surface area contributed by atoms with Gasteiger partial charge in [0.1, 0.15) is 5.82 Å². The Kier molecular flexibility index (Phi) is 5.74. The number of imidazole rings is 1. The van der Waals surface area contributed by atoms with Gasteiger partial charge in [-0.1, -0.05) is 20.8 Å². The number of aldehydes is 1. The fraction of sp³-hybridized carbons (Fsp3) is 0.500. The molecule has 0 saturated carbocycles. The number of rotatable bonds is 7. The lowest BCUT2D eigenvalue weighted by Crippen LogP contribution is -2.26. The number of hydrogen-bond donors (Lipinski definition) is 0. The monoisotopic (exact) mass is 444 g/mol. The first-order chi connectivity index (χ1) is 14.8. The first-order valence-corrected chi connectivity index (χ1v) is 12.0. The zero-order valence-electron chi connectivity index (χ0n) is 18.1. The molecule has 1 saturated heterocycles. The van der Waals surface area contributed by atoms with Gasteiger partial charge < -0.3 is 9.30 Å². The predicted octanol–water partition coefficient (Wildman–Crippen LogP) is 3.40. The molecule has 1 aliphatic rings. The Hall–Kier alpha value is -2.52. The molecule has 9 heteroatoms. The van der Waals surface area contributed by atoms with E-state index in [0.29, 0.717) is 17.7 Å². The molecule has 3 heterocycles. The van der Waals surface area contributed by atoms with Crippen LogP contribution >= 0.6 is 0 Å². The fourth-order valence-corrected chi connectivity index (χ4v) is 5.08. The van der Waals surface area contributed by atoms with Crippen LogP contribution in [0.15, 0.2) is 35.5 Å². The Balaban J connectivity index is 1.80. The Bertz CT molecular complexity index is 1200. The summed E-state index contributed by atoms with van der Waals surface area (Å²) in [4.78, 5) is 15.9. The second-order valence-corrected chi connectivity index (χ2v) is 10.6. The Labute approximate surface area is 182 Å². The van der Waals surface area contributed by atoms with Crippen LogP contribution in [0.1, 0.15) is 56.2 Å². The van der Waals surface area contributed by atoms with E-state index in [9.17, 15) is 13.2 Å². The Morgan fingerprint density at radius 2 is 2.00 bits per heavy atom. The Morgan fingerprint density at radius 3 is 2.65 bits per heavy atom. The van der Waals surface area contributed by atoms with Crippen LogP contribution in [0.2, 0.25) is 0 Å². The second kappa shape index (κ2) is 8.20. The summed E-state index contributed by atoms with van der Waals surface area (Å²) in [5.74, 6) is 1.47. The highest BCUT2D eigenvalue weighted by Crippen LogP contribution is 2.32. The average molecular weight is 445 g/mol. The third-order valence-electron chi connectivity index (χ3n) is 6.25. The largest absolute Gasteiger partial charge is 0.381 e. The van der Waals surface area contributed by atoms with Crippen molar-refractivity contribution in [1.29, 1.82) is 0 Å². The third kappa shape index (κ3) is 4.04. The van der Waals surface area contributed by atoms with E-state index in [4.69, 9.17) is 9.72 Å². The zero-order valence-corrected chi connectivity index (χ0v) is 18.9. The van der Waals surface area contributed by atoms with Crippen molar-refractivity contribution in [1.82, 2.24) is 18.7 Å². The minimum absolute atomic E-state index is 0.0946. The molecular weight excluding hydrogens is 416 g/mol. The number of nitrogens with zero attached hydrogens (tertiary/aromatic N) is 4. The van der Waals surface area contributed by atoms with Gasteiger partial charge in [-0.3, -0.25) is 4.79 Å². The van der Waals surface area contributed by atoms with Gasteiger partial charge in [-0.05, 0) is 43.4 Å². The van der Waals surface area contributed by atoms with Crippen molar-refractivity contribution >= 4 is 27.3 Å². The highest BCUT2D eigenvalue weighted by Gasteiger charge is 2.29. The van der Waals surface area contributed by atoms with Crippen LogP contribution < -0.4 is 0 Å². The van der Waals surface area contributed by atoms with Gasteiger partial charge in [0, 0.05) is 25.2 Å². The highest BCUT2D eigenvalue weighted by molar-refractivity contribution is 7.89. The smallest absolute Gasteiger partial charge is 0.283 e. The van der Waals surface area contributed by atoms with Gasteiger partial charge in [0.15, 0.2) is 6.29 Å². The average Bonchev–Trinajstić information content (AvgIpc) is 3.40. The summed E-state index contributed by atoms with van der Waals surface area (Å²) in [6.45, 7) is 8.86. The second-order valence-electron chi connectivity index (χ2n) is 8.76. The molecule has 0 atom stereocenters. The molecule has 0 radical (unpaired) electrons. The van der Waals surface area contributed by atoms with Gasteiger partial charge >= 0.3 is 0 Å². The van der Waals surface area contributed by atoms with Gasteiger partial charge in [0.05, 0.1) is 33.9 Å². The van der Waals surface area contributed by atoms with Crippen molar-refractivity contribution in [2.24, 2.45) is 5.92 Å². The Morgan fingerprint density at radius 1 is 1.26 bits per heavy atom. The molecule has 0 unspecified atom stereocenters. The quantitative estimate of drug-likeness (QED) is 0.518. The summed E-state index contributed by atoms with van der Waals surface area (Å²) in [7, 11) is -3.91. The number of benzene rings is 1. The molecule has 0 N–H and O–H groups in total. The van der Waals surface area contributed by atoms with E-state index in [-0.39, 0.29) is 15.9 Å². The lowest BCUT2D eigenvalue weighted by Gasteiger charge is -2.28. The molecule has 3 aromatic rings. The van der Waals surface area contributed by atoms with Gasteiger partial charge in [-0.25, -0.2) is 4.98 Å². The molecule has 1 fully saturated rings. The molecule has 0 amide bonds. The van der Waals surface area contributed by atoms with E-state index in [1.54, 1.807) is 12.1 Å². The molecule has 0 spiro atoms. The first-order valence-electron chi connectivity index (χ1n) is 10.6. The van der Waals surface area contributed by atoms with Crippen molar-refractivity contribution in [3.8, 4) is 0 Å². The first kappa shape index (κ1) is 21.7. The predicted molar refractivity (Wildman–Crippen MR) is 117 cm³/mol. The maximum absolute atomic E-state index is 13.0. The lowest BCUT2D eigenvalue weighted by molar-refractivity contribution is 0.0611. The summed E-state index contributed by atoms with van der Waals surface area (Å²) in [6.07, 6.45) is 5.94. The molecule has 31 heavy (non-hydrogen) atoms. The standard InChI is InChI=1S/C22H28N4O4S/c1-4-22(2,3)21-24-19-11-18(31(28,29)26-14-17(15-27)12-23-26)5-6-20(19)25(21)13-16-7-9-30-10-8-16/h5-6,11-12,14-16H,4,7-10,13H2,1-3H3. The zero-order chi connectivity index (χ0) is 22.2. The van der Waals surface area contributed by atoms with Gasteiger partial charge in [-0.15, -0.1) is 0 Å². The van der Waals surface area contributed by atoms with Crippen molar-refractivity contribution in [2.45, 2.75) is 56.9 Å². The summed E-state index contributed by atoms with van der Waals surface area (Å²) in [5, 5.41) is 3.83. The summed E-state index contributed by atoms with van der Waals surface area (Å²) >= 11 is 0. The van der Waals surface area contributed by atoms with Crippen molar-refractivity contribution in [3.05, 3.63) is 42.0 Å². The number of carbonyl (C=O) groups excluding carboxylic acids is 1. The van der Waals surface area contributed by atoms with Crippen LogP contribution in [-0.4, -0.2) is 46.7 Å². The van der Waals surface area contributed by atoms with E-state index >= 15 is 0 Å². The van der Waals surface area contributed by atoms with Gasteiger partial charge in [0.25, 0.3) is 10.0 Å². The molecule has 8 nitrogen and oxygen atoms in total. The van der Waals surface area contributed by atoms with E-state index in [0.717, 1.165) is 54.4 Å². The van der Waals surface area contributed by atoms with Gasteiger partial charge in [0.2, 0.25) is 0 Å².